The second-order valence-corrected chi connectivity index (χ2v) is 1.52. The van der Waals surface area contributed by atoms with Crippen LogP contribution in [-0.4, -0.2) is 18.4 Å². The Balaban J connectivity index is 3.57. The maximum atomic E-state index is 8.46. The van der Waals surface area contributed by atoms with Crippen molar-refractivity contribution in [3.8, 4) is 5.75 Å². The average Bonchev–Trinajstić information content (AvgIpc) is 2.31. The molecule has 0 saturated carbocycles. The first kappa shape index (κ1) is 2.24. The van der Waals surface area contributed by atoms with Gasteiger partial charge in [0.2, 0.25) is 0 Å². The molecule has 58 valence electrons. The van der Waals surface area contributed by atoms with Crippen LogP contribution in [0, 0.1) is 0 Å². The van der Waals surface area contributed by atoms with Crippen LogP contribution in [0.5, 0.6) is 5.75 Å². The van der Waals surface area contributed by atoms with Gasteiger partial charge in [-0.2, -0.15) is 0 Å². The van der Waals surface area contributed by atoms with E-state index in [0.717, 1.165) is 0 Å². The van der Waals surface area contributed by atoms with Gasteiger partial charge in [-0.3, -0.25) is 0 Å². The van der Waals surface area contributed by atoms with Gasteiger partial charge in [-0.05, 0) is 29.7 Å². The van der Waals surface area contributed by atoms with Crippen LogP contribution in [0.15, 0.2) is 29.3 Å². The van der Waals surface area contributed by atoms with E-state index in [4.69, 9.17) is 16.2 Å². The predicted octanol–water partition coefficient (Wildman–Crippen LogP) is 1.50. The number of rotatable bonds is 2. The van der Waals surface area contributed by atoms with Crippen molar-refractivity contribution >= 4 is 6.19 Å². The topological polar surface area (TPSA) is 41.8 Å². The van der Waals surface area contributed by atoms with E-state index in [1.807, 2.05) is 0 Å². The molecule has 11 heavy (non-hydrogen) atoms. The molecule has 0 saturated heterocycles. The smallest absolute Gasteiger partial charge is 0.118 e. The van der Waals surface area contributed by atoms with Gasteiger partial charge in [0.1, 0.15) is 5.75 Å². The lowest BCUT2D eigenvalue weighted by atomic mass is 10.2. The third kappa shape index (κ3) is 1.97. The van der Waals surface area contributed by atoms with Gasteiger partial charge in [0.15, 0.2) is 0 Å². The number of nitrogens with zero attached hydrogens (tertiary/aromatic N) is 1. The molecule has 0 aliphatic rings. The van der Waals surface area contributed by atoms with Gasteiger partial charge >= 0.3 is 0 Å². The van der Waals surface area contributed by atoms with E-state index in [-0.39, 0.29) is 0 Å². The Morgan fingerprint density at radius 1 is 1.73 bits per heavy atom. The summed E-state index contributed by atoms with van der Waals surface area (Å²) in [6.07, 6.45) is -0.863. The van der Waals surface area contributed by atoms with E-state index >= 15 is 0 Å². The Bertz CT molecular complexity index is 510. The van der Waals surface area contributed by atoms with Crippen molar-refractivity contribution in [1.29, 1.82) is 0 Å². The zero-order chi connectivity index (χ0) is 15.0. The summed E-state index contributed by atoms with van der Waals surface area (Å²) in [4.78, 5) is 0. The summed E-state index contributed by atoms with van der Waals surface area (Å²) in [7, 11) is -2.93. The number of hydrogen-bond donors (Lipinski definition) is 1. The Kier molecular flexibility index (Phi) is 0.733. The van der Waals surface area contributed by atoms with E-state index in [1.165, 1.54) is 0 Å². The van der Waals surface area contributed by atoms with Gasteiger partial charge in [-0.15, -0.1) is 0 Å². The summed E-state index contributed by atoms with van der Waals surface area (Å²) < 4.78 is 62.5. The number of benzene rings is 1. The van der Waals surface area contributed by atoms with Gasteiger partial charge < -0.3 is 9.94 Å². The van der Waals surface area contributed by atoms with Crippen LogP contribution in [0.3, 0.4) is 0 Å². The van der Waals surface area contributed by atoms with Crippen molar-refractivity contribution in [3.05, 3.63) is 29.7 Å². The van der Waals surface area contributed by atoms with E-state index in [2.05, 4.69) is 9.89 Å². The van der Waals surface area contributed by atoms with Crippen molar-refractivity contribution in [2.24, 2.45) is 5.16 Å². The second kappa shape index (κ2) is 3.61. The molecule has 0 spiro atoms. The van der Waals surface area contributed by atoms with E-state index in [0.29, 0.717) is 0 Å². The van der Waals surface area contributed by atoms with Gasteiger partial charge in [0.25, 0.3) is 0 Å². The minimum Gasteiger partial charge on any atom is -0.497 e. The number of methoxy groups -OCH3 is 1. The molecule has 0 amide bonds. The highest BCUT2D eigenvalue weighted by Crippen LogP contribution is 2.09. The number of ether oxygens (including phenoxy) is 1. The Morgan fingerprint density at radius 3 is 3.00 bits per heavy atom. The van der Waals surface area contributed by atoms with Gasteiger partial charge in [-0.25, -0.2) is 0 Å². The molecule has 1 aromatic carbocycles. The van der Waals surface area contributed by atoms with Crippen LogP contribution in [0.25, 0.3) is 0 Å². The molecule has 0 unspecified atom stereocenters. The van der Waals surface area contributed by atoms with Gasteiger partial charge in [0.05, 0.1) is 24.2 Å². The van der Waals surface area contributed by atoms with E-state index in [9.17, 15) is 0 Å². The molecule has 1 N–H and O–H groups in total. The lowest BCUT2D eigenvalue weighted by molar-refractivity contribution is 0.322. The average molecular weight is 159 g/mol. The van der Waals surface area contributed by atoms with Gasteiger partial charge in [-0.1, -0.05) is 5.16 Å². The first-order chi connectivity index (χ1) is 8.60. The summed E-state index contributed by atoms with van der Waals surface area (Å²) in [6.45, 7) is 0. The lowest BCUT2D eigenvalue weighted by Crippen LogP contribution is -1.83. The molecule has 1 aromatic rings. The molecule has 0 heterocycles. The molecule has 3 nitrogen and oxygen atoms in total. The standard InChI is InChI=1S/C8H9NO2/c1-11-8-4-2-7(3-5-8)6-9-10/h2-6,10H,1H3/b9-6+/i1D3,2D,3D,4D,5D,6D. The van der Waals surface area contributed by atoms with E-state index < -0.39 is 48.7 Å². The molecule has 0 atom stereocenters. The highest BCUT2D eigenvalue weighted by molar-refractivity contribution is 5.79. The number of hydrogen-bond acceptors (Lipinski definition) is 3. The zero-order valence-corrected chi connectivity index (χ0v) is 5.30. The van der Waals surface area contributed by atoms with Gasteiger partial charge in [0, 0.05) is 0 Å². The normalized spacial score (nSPS) is 22.7. The van der Waals surface area contributed by atoms with Crippen LogP contribution in [0.1, 0.15) is 16.5 Å². The molecule has 0 aliphatic carbocycles. The Morgan fingerprint density at radius 2 is 2.45 bits per heavy atom. The van der Waals surface area contributed by atoms with Crippen molar-refractivity contribution in [1.82, 2.24) is 0 Å². The molecule has 3 heteroatoms. The highest BCUT2D eigenvalue weighted by atomic mass is 16.5. The van der Waals surface area contributed by atoms with Crippen molar-refractivity contribution < 1.29 is 20.9 Å². The monoisotopic (exact) mass is 159 g/mol. The number of oxime groups is 1. The minimum absolute atomic E-state index is 0.546. The fraction of sp³-hybridized carbons (Fsp3) is 0.125. The molecule has 0 aliphatic heterocycles. The summed E-state index contributed by atoms with van der Waals surface area (Å²) in [6, 6.07) is -2.97. The lowest BCUT2D eigenvalue weighted by Gasteiger charge is -1.97. The molecule has 0 bridgehead atoms. The third-order valence-electron chi connectivity index (χ3n) is 0.866. The van der Waals surface area contributed by atoms with E-state index in [1.54, 1.807) is 0 Å². The van der Waals surface area contributed by atoms with Crippen molar-refractivity contribution in [2.75, 3.05) is 7.04 Å². The van der Waals surface area contributed by atoms with Crippen molar-refractivity contribution in [2.45, 2.75) is 0 Å². The molecular weight excluding hydrogens is 142 g/mol. The molecule has 1 rings (SSSR count). The second-order valence-electron chi connectivity index (χ2n) is 1.52. The fourth-order valence-corrected chi connectivity index (χ4v) is 0.458. The molecule has 0 aromatic heterocycles. The Labute approximate surface area is 76.2 Å². The summed E-state index contributed by atoms with van der Waals surface area (Å²) >= 11 is 0. The SMILES string of the molecule is [2H]/C(=N\O)c1c([2H])c([2H])c(OC([2H])([2H])[2H])c([2H])c1[2H]. The largest absolute Gasteiger partial charge is 0.497 e. The fourth-order valence-electron chi connectivity index (χ4n) is 0.458. The molecular formula is C8H9NO2. The maximum absolute atomic E-state index is 8.46. The van der Waals surface area contributed by atoms with Crippen LogP contribution in [0.4, 0.5) is 0 Å². The predicted molar refractivity (Wildman–Crippen MR) is 42.4 cm³/mol. The summed E-state index contributed by atoms with van der Waals surface area (Å²) in [5, 5.41) is 11.0. The van der Waals surface area contributed by atoms with Crippen LogP contribution in [0.2, 0.25) is 0 Å². The first-order valence-electron chi connectivity index (χ1n) is 6.58. The zero-order valence-electron chi connectivity index (χ0n) is 13.3. The Hall–Kier alpha value is -1.51. The quantitative estimate of drug-likeness (QED) is 0.403. The van der Waals surface area contributed by atoms with Crippen LogP contribution >= 0.6 is 0 Å². The summed E-state index contributed by atoms with van der Waals surface area (Å²) in [5.41, 5.74) is -0.546. The highest BCUT2D eigenvalue weighted by Gasteiger charge is 1.89. The third-order valence-corrected chi connectivity index (χ3v) is 0.866. The first-order valence-corrected chi connectivity index (χ1v) is 2.58. The minimum atomic E-state index is -2.93. The van der Waals surface area contributed by atoms with Crippen LogP contribution in [-0.2, 0) is 0 Å². The molecule has 0 radical (unpaired) electrons. The molecule has 0 fully saturated rings. The van der Waals surface area contributed by atoms with Crippen molar-refractivity contribution in [3.63, 3.8) is 0 Å². The summed E-state index contributed by atoms with van der Waals surface area (Å²) in [5.74, 6) is -0.746. The maximum Gasteiger partial charge on any atom is 0.118 e. The van der Waals surface area contributed by atoms with Crippen LogP contribution < -0.4 is 4.74 Å².